The lowest BCUT2D eigenvalue weighted by molar-refractivity contribution is 0.469. The second kappa shape index (κ2) is 7.00. The summed E-state index contributed by atoms with van der Waals surface area (Å²) in [6.45, 7) is 0. The van der Waals surface area contributed by atoms with Gasteiger partial charge in [-0.1, -0.05) is 0 Å². The van der Waals surface area contributed by atoms with Crippen LogP contribution in [-0.2, 0) is 0 Å². The van der Waals surface area contributed by atoms with Crippen LogP contribution in [0.2, 0.25) is 0 Å². The van der Waals surface area contributed by atoms with Crippen molar-refractivity contribution in [3.63, 3.8) is 0 Å². The Morgan fingerprint density at radius 2 is 0.708 bits per heavy atom. The molecule has 0 amide bonds. The number of benzene rings is 3. The van der Waals surface area contributed by atoms with Gasteiger partial charge in [-0.15, -0.1) is 0 Å². The van der Waals surface area contributed by atoms with Crippen LogP contribution in [0, 0.1) is 22.7 Å². The van der Waals surface area contributed by atoms with Gasteiger partial charge in [-0.2, -0.15) is 10.5 Å². The SMILES string of the molecule is N#Cc1ccc(Oc2ccc(Oc3ccc(C#N)cc3)cc2)cc1. The van der Waals surface area contributed by atoms with Gasteiger partial charge in [0, 0.05) is 0 Å². The maximum Gasteiger partial charge on any atom is 0.127 e. The summed E-state index contributed by atoms with van der Waals surface area (Å²) < 4.78 is 11.4. The lowest BCUT2D eigenvalue weighted by Crippen LogP contribution is -1.87. The molecule has 24 heavy (non-hydrogen) atoms. The first-order chi connectivity index (χ1) is 11.8. The molecule has 0 aliphatic rings. The van der Waals surface area contributed by atoms with Crippen molar-refractivity contribution in [1.82, 2.24) is 0 Å². The van der Waals surface area contributed by atoms with E-state index in [1.807, 2.05) is 0 Å². The third-order valence-electron chi connectivity index (χ3n) is 3.26. The summed E-state index contributed by atoms with van der Waals surface area (Å²) in [7, 11) is 0. The number of hydrogen-bond donors (Lipinski definition) is 0. The summed E-state index contributed by atoms with van der Waals surface area (Å²) in [5.41, 5.74) is 1.18. The molecule has 0 saturated carbocycles. The highest BCUT2D eigenvalue weighted by molar-refractivity contribution is 5.41. The summed E-state index contributed by atoms with van der Waals surface area (Å²) >= 11 is 0. The first kappa shape index (κ1) is 15.1. The minimum absolute atomic E-state index is 0.591. The van der Waals surface area contributed by atoms with Crippen molar-refractivity contribution in [2.75, 3.05) is 0 Å². The zero-order valence-corrected chi connectivity index (χ0v) is 12.6. The molecule has 3 aromatic carbocycles. The topological polar surface area (TPSA) is 66.0 Å². The third kappa shape index (κ3) is 3.71. The van der Waals surface area contributed by atoms with E-state index in [1.165, 1.54) is 0 Å². The maximum absolute atomic E-state index is 8.78. The zero-order valence-electron chi connectivity index (χ0n) is 12.6. The second-order valence-electron chi connectivity index (χ2n) is 4.95. The fourth-order valence-electron chi connectivity index (χ4n) is 2.04. The smallest absolute Gasteiger partial charge is 0.127 e. The molecule has 0 bridgehead atoms. The van der Waals surface area contributed by atoms with E-state index in [2.05, 4.69) is 12.1 Å². The number of nitriles is 2. The molecule has 0 aliphatic carbocycles. The Hall–Kier alpha value is -3.76. The third-order valence-corrected chi connectivity index (χ3v) is 3.26. The van der Waals surface area contributed by atoms with Crippen LogP contribution in [0.5, 0.6) is 23.0 Å². The van der Waals surface area contributed by atoms with Gasteiger partial charge in [-0.25, -0.2) is 0 Å². The molecule has 114 valence electrons. The minimum Gasteiger partial charge on any atom is -0.457 e. The fourth-order valence-corrected chi connectivity index (χ4v) is 2.04. The van der Waals surface area contributed by atoms with Gasteiger partial charge in [0.15, 0.2) is 0 Å². The average molecular weight is 312 g/mol. The average Bonchev–Trinajstić information content (AvgIpc) is 2.65. The molecule has 0 saturated heterocycles. The van der Waals surface area contributed by atoms with Crippen LogP contribution < -0.4 is 9.47 Å². The van der Waals surface area contributed by atoms with Crippen molar-refractivity contribution in [3.8, 4) is 35.1 Å². The molecule has 0 heterocycles. The van der Waals surface area contributed by atoms with Crippen molar-refractivity contribution < 1.29 is 9.47 Å². The van der Waals surface area contributed by atoms with E-state index in [-0.39, 0.29) is 0 Å². The summed E-state index contributed by atoms with van der Waals surface area (Å²) in [6, 6.07) is 25.2. The molecule has 0 aromatic heterocycles. The van der Waals surface area contributed by atoms with Crippen LogP contribution in [0.1, 0.15) is 11.1 Å². The maximum atomic E-state index is 8.78. The molecule has 3 aromatic rings. The highest BCUT2D eigenvalue weighted by atomic mass is 16.5. The molecule has 0 atom stereocenters. The largest absolute Gasteiger partial charge is 0.457 e. The van der Waals surface area contributed by atoms with E-state index < -0.39 is 0 Å². The second-order valence-corrected chi connectivity index (χ2v) is 4.95. The Balaban J connectivity index is 1.66. The van der Waals surface area contributed by atoms with Gasteiger partial charge in [0.05, 0.1) is 23.3 Å². The van der Waals surface area contributed by atoms with Gasteiger partial charge in [-0.3, -0.25) is 0 Å². The van der Waals surface area contributed by atoms with Crippen LogP contribution >= 0.6 is 0 Å². The Morgan fingerprint density at radius 1 is 0.458 bits per heavy atom. The number of hydrogen-bond acceptors (Lipinski definition) is 4. The molecular weight excluding hydrogens is 300 g/mol. The molecule has 4 nitrogen and oxygen atoms in total. The van der Waals surface area contributed by atoms with E-state index >= 15 is 0 Å². The number of rotatable bonds is 4. The monoisotopic (exact) mass is 312 g/mol. The zero-order chi connectivity index (χ0) is 16.8. The van der Waals surface area contributed by atoms with Crippen molar-refractivity contribution >= 4 is 0 Å². The van der Waals surface area contributed by atoms with Gasteiger partial charge in [0.2, 0.25) is 0 Å². The molecule has 0 radical (unpaired) electrons. The molecular formula is C20H12N2O2. The first-order valence-corrected chi connectivity index (χ1v) is 7.23. The van der Waals surface area contributed by atoms with E-state index in [0.717, 1.165) is 0 Å². The lowest BCUT2D eigenvalue weighted by Gasteiger charge is -2.08. The molecule has 0 spiro atoms. The molecule has 3 rings (SSSR count). The van der Waals surface area contributed by atoms with Crippen LogP contribution in [0.15, 0.2) is 72.8 Å². The molecule has 0 fully saturated rings. The fraction of sp³-hybridized carbons (Fsp3) is 0. The normalized spacial score (nSPS) is 9.58. The van der Waals surface area contributed by atoms with Gasteiger partial charge in [-0.05, 0) is 72.8 Å². The summed E-state index contributed by atoms with van der Waals surface area (Å²) in [5, 5.41) is 17.6. The Morgan fingerprint density at radius 3 is 0.958 bits per heavy atom. The Kier molecular flexibility index (Phi) is 4.42. The lowest BCUT2D eigenvalue weighted by atomic mass is 10.2. The van der Waals surface area contributed by atoms with Crippen LogP contribution in [-0.4, -0.2) is 0 Å². The van der Waals surface area contributed by atoms with Crippen molar-refractivity contribution in [3.05, 3.63) is 83.9 Å². The van der Waals surface area contributed by atoms with E-state index in [9.17, 15) is 0 Å². The summed E-state index contributed by atoms with van der Waals surface area (Å²) in [6.07, 6.45) is 0. The predicted molar refractivity (Wildman–Crippen MR) is 88.9 cm³/mol. The molecule has 0 aliphatic heterocycles. The van der Waals surface area contributed by atoms with E-state index in [1.54, 1.807) is 72.8 Å². The Labute approximate surface area is 139 Å². The number of ether oxygens (including phenoxy) is 2. The van der Waals surface area contributed by atoms with Gasteiger partial charge >= 0.3 is 0 Å². The highest BCUT2D eigenvalue weighted by Crippen LogP contribution is 2.27. The van der Waals surface area contributed by atoms with E-state index in [0.29, 0.717) is 34.1 Å². The highest BCUT2D eigenvalue weighted by Gasteiger charge is 2.01. The van der Waals surface area contributed by atoms with Crippen LogP contribution in [0.25, 0.3) is 0 Å². The van der Waals surface area contributed by atoms with Gasteiger partial charge < -0.3 is 9.47 Å². The van der Waals surface area contributed by atoms with Crippen molar-refractivity contribution in [2.24, 2.45) is 0 Å². The van der Waals surface area contributed by atoms with E-state index in [4.69, 9.17) is 20.0 Å². The predicted octanol–water partition coefficient (Wildman–Crippen LogP) is 5.01. The first-order valence-electron chi connectivity index (χ1n) is 7.23. The van der Waals surface area contributed by atoms with Gasteiger partial charge in [0.25, 0.3) is 0 Å². The minimum atomic E-state index is 0.591. The molecule has 4 heteroatoms. The van der Waals surface area contributed by atoms with Gasteiger partial charge in [0.1, 0.15) is 23.0 Å². The number of nitrogens with zero attached hydrogens (tertiary/aromatic N) is 2. The standard InChI is InChI=1S/C20H12N2O2/c21-13-15-1-5-17(6-2-15)23-19-9-11-20(12-10-19)24-18-7-3-16(14-22)4-8-18/h1-12H. The van der Waals surface area contributed by atoms with Crippen molar-refractivity contribution in [1.29, 1.82) is 10.5 Å². The quantitative estimate of drug-likeness (QED) is 0.679. The summed E-state index contributed by atoms with van der Waals surface area (Å²) in [4.78, 5) is 0. The van der Waals surface area contributed by atoms with Crippen molar-refractivity contribution in [2.45, 2.75) is 0 Å². The van der Waals surface area contributed by atoms with Crippen LogP contribution in [0.4, 0.5) is 0 Å². The summed E-state index contributed by atoms with van der Waals surface area (Å²) in [5.74, 6) is 2.67. The Bertz CT molecular complexity index is 822. The molecule has 0 N–H and O–H groups in total. The molecule has 0 unspecified atom stereocenters. The van der Waals surface area contributed by atoms with Crippen LogP contribution in [0.3, 0.4) is 0 Å².